The van der Waals surface area contributed by atoms with Gasteiger partial charge in [0.15, 0.2) is 5.96 Å². The molecule has 1 aromatic carbocycles. The standard InChI is InChI=1S/C16H27N3O/c1-5-14-7-9-15(10-8-14)13-19(3)16(17-6-2)18-11-12-20-4/h7-10H,5-6,11-13H2,1-4H3,(H,17,18). The normalized spacial score (nSPS) is 11.5. The molecule has 0 aromatic heterocycles. The van der Waals surface area contributed by atoms with Gasteiger partial charge in [-0.25, -0.2) is 0 Å². The van der Waals surface area contributed by atoms with Gasteiger partial charge in [0, 0.05) is 27.2 Å². The minimum atomic E-state index is 0.647. The molecule has 112 valence electrons. The quantitative estimate of drug-likeness (QED) is 0.472. The van der Waals surface area contributed by atoms with Gasteiger partial charge in [-0.1, -0.05) is 31.2 Å². The maximum absolute atomic E-state index is 5.04. The molecule has 0 fully saturated rings. The molecule has 0 spiro atoms. The topological polar surface area (TPSA) is 36.9 Å². The summed E-state index contributed by atoms with van der Waals surface area (Å²) in [6, 6.07) is 8.76. The Labute approximate surface area is 122 Å². The minimum absolute atomic E-state index is 0.647. The van der Waals surface area contributed by atoms with Gasteiger partial charge in [0.2, 0.25) is 0 Å². The summed E-state index contributed by atoms with van der Waals surface area (Å²) in [5.74, 6) is 0.920. The zero-order valence-corrected chi connectivity index (χ0v) is 13.1. The molecule has 0 aliphatic carbocycles. The molecule has 0 radical (unpaired) electrons. The smallest absolute Gasteiger partial charge is 0.194 e. The lowest BCUT2D eigenvalue weighted by molar-refractivity contribution is 0.207. The Morgan fingerprint density at radius 1 is 1.20 bits per heavy atom. The van der Waals surface area contributed by atoms with Crippen molar-refractivity contribution >= 4 is 5.96 Å². The lowest BCUT2D eigenvalue weighted by Gasteiger charge is -2.22. The Hall–Kier alpha value is -1.55. The first kappa shape index (κ1) is 16.5. The Balaban J connectivity index is 2.63. The molecule has 0 aliphatic rings. The van der Waals surface area contributed by atoms with Gasteiger partial charge >= 0.3 is 0 Å². The molecule has 4 nitrogen and oxygen atoms in total. The van der Waals surface area contributed by atoms with E-state index < -0.39 is 0 Å². The predicted octanol–water partition coefficient (Wildman–Crippen LogP) is 2.29. The van der Waals surface area contributed by atoms with Crippen molar-refractivity contribution in [3.63, 3.8) is 0 Å². The van der Waals surface area contributed by atoms with Crippen molar-refractivity contribution in [2.24, 2.45) is 4.99 Å². The van der Waals surface area contributed by atoms with Crippen molar-refractivity contribution < 1.29 is 4.74 Å². The highest BCUT2D eigenvalue weighted by Crippen LogP contribution is 2.07. The average Bonchev–Trinajstić information content (AvgIpc) is 2.47. The number of benzene rings is 1. The summed E-state index contributed by atoms with van der Waals surface area (Å²) in [4.78, 5) is 6.68. The van der Waals surface area contributed by atoms with Crippen molar-refractivity contribution in [1.82, 2.24) is 10.2 Å². The first-order valence-corrected chi connectivity index (χ1v) is 7.27. The molecule has 0 atom stereocenters. The number of nitrogens with zero attached hydrogens (tertiary/aromatic N) is 2. The molecule has 0 unspecified atom stereocenters. The van der Waals surface area contributed by atoms with Gasteiger partial charge in [-0.15, -0.1) is 0 Å². The molecule has 1 aromatic rings. The van der Waals surface area contributed by atoms with Crippen LogP contribution in [0.4, 0.5) is 0 Å². The lowest BCUT2D eigenvalue weighted by Crippen LogP contribution is -2.38. The number of aryl methyl sites for hydroxylation is 1. The SMILES string of the molecule is CCNC(=NCCOC)N(C)Cc1ccc(CC)cc1. The van der Waals surface area contributed by atoms with Gasteiger partial charge in [0.05, 0.1) is 13.2 Å². The Morgan fingerprint density at radius 2 is 1.85 bits per heavy atom. The zero-order chi connectivity index (χ0) is 14.8. The number of guanidine groups is 1. The molecule has 4 heteroatoms. The average molecular weight is 277 g/mol. The van der Waals surface area contributed by atoms with Crippen LogP contribution < -0.4 is 5.32 Å². The number of rotatable bonds is 7. The number of ether oxygens (including phenoxy) is 1. The highest BCUT2D eigenvalue weighted by molar-refractivity contribution is 5.79. The molecule has 0 bridgehead atoms. The van der Waals surface area contributed by atoms with Crippen LogP contribution in [0.15, 0.2) is 29.3 Å². The van der Waals surface area contributed by atoms with Crippen LogP contribution in [0.1, 0.15) is 25.0 Å². The zero-order valence-electron chi connectivity index (χ0n) is 13.1. The van der Waals surface area contributed by atoms with Gasteiger partial charge < -0.3 is 15.0 Å². The van der Waals surface area contributed by atoms with Crippen LogP contribution in [-0.4, -0.2) is 44.7 Å². The monoisotopic (exact) mass is 277 g/mol. The van der Waals surface area contributed by atoms with Crippen LogP contribution in [0, 0.1) is 0 Å². The molecule has 20 heavy (non-hydrogen) atoms. The van der Waals surface area contributed by atoms with E-state index in [9.17, 15) is 0 Å². The molecule has 1 N–H and O–H groups in total. The number of methoxy groups -OCH3 is 1. The van der Waals surface area contributed by atoms with E-state index in [1.807, 2.05) is 0 Å². The molecular weight excluding hydrogens is 250 g/mol. The van der Waals surface area contributed by atoms with Crippen LogP contribution in [0.2, 0.25) is 0 Å². The van der Waals surface area contributed by atoms with E-state index in [4.69, 9.17) is 4.74 Å². The van der Waals surface area contributed by atoms with Crippen molar-refractivity contribution in [2.75, 3.05) is 33.9 Å². The van der Waals surface area contributed by atoms with Gasteiger partial charge in [0.25, 0.3) is 0 Å². The third-order valence-corrected chi connectivity index (χ3v) is 3.10. The van der Waals surface area contributed by atoms with Gasteiger partial charge in [-0.3, -0.25) is 4.99 Å². The molecule has 0 saturated heterocycles. The largest absolute Gasteiger partial charge is 0.383 e. The summed E-state index contributed by atoms with van der Waals surface area (Å²) in [6.45, 7) is 7.29. The summed E-state index contributed by atoms with van der Waals surface area (Å²) in [5, 5.41) is 3.30. The first-order valence-electron chi connectivity index (χ1n) is 7.27. The number of hydrogen-bond donors (Lipinski definition) is 1. The third kappa shape index (κ3) is 5.61. The summed E-state index contributed by atoms with van der Waals surface area (Å²) in [6.07, 6.45) is 1.08. The third-order valence-electron chi connectivity index (χ3n) is 3.10. The number of nitrogens with one attached hydrogen (secondary N) is 1. The van der Waals surface area contributed by atoms with Gasteiger partial charge in [-0.2, -0.15) is 0 Å². The maximum Gasteiger partial charge on any atom is 0.194 e. The first-order chi connectivity index (χ1) is 9.71. The fraction of sp³-hybridized carbons (Fsp3) is 0.562. The van der Waals surface area contributed by atoms with E-state index in [0.29, 0.717) is 13.2 Å². The maximum atomic E-state index is 5.04. The molecule has 0 aliphatic heterocycles. The second-order valence-corrected chi connectivity index (χ2v) is 4.75. The summed E-state index contributed by atoms with van der Waals surface area (Å²) in [5.41, 5.74) is 2.67. The van der Waals surface area contributed by atoms with Crippen LogP contribution in [0.5, 0.6) is 0 Å². The van der Waals surface area contributed by atoms with Crippen molar-refractivity contribution in [3.05, 3.63) is 35.4 Å². The molecule has 0 saturated carbocycles. The van der Waals surface area contributed by atoms with Crippen molar-refractivity contribution in [2.45, 2.75) is 26.8 Å². The van der Waals surface area contributed by atoms with Crippen LogP contribution in [0.3, 0.4) is 0 Å². The van der Waals surface area contributed by atoms with Crippen LogP contribution in [0.25, 0.3) is 0 Å². The highest BCUT2D eigenvalue weighted by Gasteiger charge is 2.06. The van der Waals surface area contributed by atoms with E-state index in [1.54, 1.807) is 7.11 Å². The number of hydrogen-bond acceptors (Lipinski definition) is 2. The second kappa shape index (κ2) is 9.37. The Bertz CT molecular complexity index is 401. The Kier molecular flexibility index (Phi) is 7.73. The van der Waals surface area contributed by atoms with E-state index in [1.165, 1.54) is 11.1 Å². The summed E-state index contributed by atoms with van der Waals surface area (Å²) < 4.78 is 5.04. The van der Waals surface area contributed by atoms with Crippen LogP contribution in [-0.2, 0) is 17.7 Å². The fourth-order valence-corrected chi connectivity index (χ4v) is 1.94. The van der Waals surface area contributed by atoms with E-state index >= 15 is 0 Å². The Morgan fingerprint density at radius 3 is 2.40 bits per heavy atom. The van der Waals surface area contributed by atoms with Crippen molar-refractivity contribution in [3.8, 4) is 0 Å². The molecule has 1 rings (SSSR count). The lowest BCUT2D eigenvalue weighted by atomic mass is 10.1. The van der Waals surface area contributed by atoms with Gasteiger partial charge in [0.1, 0.15) is 0 Å². The number of aliphatic imine (C=N–C) groups is 1. The summed E-state index contributed by atoms with van der Waals surface area (Å²) in [7, 11) is 3.75. The summed E-state index contributed by atoms with van der Waals surface area (Å²) >= 11 is 0. The van der Waals surface area contributed by atoms with Gasteiger partial charge in [-0.05, 0) is 24.5 Å². The fourth-order valence-electron chi connectivity index (χ4n) is 1.94. The van der Waals surface area contributed by atoms with E-state index in [0.717, 1.165) is 25.5 Å². The highest BCUT2D eigenvalue weighted by atomic mass is 16.5. The van der Waals surface area contributed by atoms with E-state index in [2.05, 4.69) is 60.4 Å². The minimum Gasteiger partial charge on any atom is -0.383 e. The van der Waals surface area contributed by atoms with Crippen molar-refractivity contribution in [1.29, 1.82) is 0 Å². The van der Waals surface area contributed by atoms with Crippen LogP contribution >= 0.6 is 0 Å². The molecule has 0 amide bonds. The molecule has 0 heterocycles. The predicted molar refractivity (Wildman–Crippen MR) is 85.1 cm³/mol. The second-order valence-electron chi connectivity index (χ2n) is 4.75. The molecular formula is C16H27N3O. The van der Waals surface area contributed by atoms with E-state index in [-0.39, 0.29) is 0 Å².